The highest BCUT2D eigenvalue weighted by molar-refractivity contribution is 5.77. The smallest absolute Gasteiger partial charge is 0.226 e. The van der Waals surface area contributed by atoms with Crippen molar-refractivity contribution in [3.8, 4) is 5.75 Å². The average molecular weight is 330 g/mol. The van der Waals surface area contributed by atoms with Crippen LogP contribution >= 0.6 is 0 Å². The number of aromatic nitrogens is 3. The molecule has 0 aliphatic carbocycles. The number of aliphatic hydroxyl groups excluding tert-OH is 1. The number of hydrogen-bond acceptors (Lipinski definition) is 5. The normalized spacial score (nSPS) is 14.5. The molecule has 1 aliphatic rings. The van der Waals surface area contributed by atoms with E-state index in [0.717, 1.165) is 5.75 Å². The van der Waals surface area contributed by atoms with Crippen LogP contribution in [0.2, 0.25) is 0 Å². The minimum Gasteiger partial charge on any atom is -0.493 e. The SMILES string of the molecule is Cc1ccc(OCCC(=O)N2CC(n3cc(CO)nn3)C2)cc1C. The van der Waals surface area contributed by atoms with Crippen molar-refractivity contribution in [2.24, 2.45) is 0 Å². The zero-order valence-electron chi connectivity index (χ0n) is 14.0. The molecule has 0 bridgehead atoms. The Labute approximate surface area is 140 Å². The minimum atomic E-state index is -0.120. The van der Waals surface area contributed by atoms with E-state index in [1.165, 1.54) is 11.1 Å². The summed E-state index contributed by atoms with van der Waals surface area (Å²) >= 11 is 0. The molecule has 0 radical (unpaired) electrons. The van der Waals surface area contributed by atoms with Crippen LogP contribution in [0.5, 0.6) is 5.75 Å². The Bertz CT molecular complexity index is 722. The van der Waals surface area contributed by atoms with Gasteiger partial charge in [-0.25, -0.2) is 4.68 Å². The molecule has 0 spiro atoms. The molecule has 0 atom stereocenters. The summed E-state index contributed by atoms with van der Waals surface area (Å²) in [5, 5.41) is 16.8. The molecule has 128 valence electrons. The summed E-state index contributed by atoms with van der Waals surface area (Å²) in [4.78, 5) is 13.9. The van der Waals surface area contributed by atoms with Crippen molar-refractivity contribution in [3.05, 3.63) is 41.2 Å². The third-order valence-electron chi connectivity index (χ3n) is 4.37. The second kappa shape index (κ2) is 7.00. The van der Waals surface area contributed by atoms with E-state index in [-0.39, 0.29) is 18.6 Å². The Morgan fingerprint density at radius 1 is 1.33 bits per heavy atom. The quantitative estimate of drug-likeness (QED) is 0.862. The van der Waals surface area contributed by atoms with Crippen LogP contribution in [-0.2, 0) is 11.4 Å². The summed E-state index contributed by atoms with van der Waals surface area (Å²) < 4.78 is 7.37. The van der Waals surface area contributed by atoms with Crippen LogP contribution in [0, 0.1) is 13.8 Å². The van der Waals surface area contributed by atoms with Crippen molar-refractivity contribution >= 4 is 5.91 Å². The predicted molar refractivity (Wildman–Crippen MR) is 87.6 cm³/mol. The molecule has 24 heavy (non-hydrogen) atoms. The van der Waals surface area contributed by atoms with Crippen LogP contribution in [0.25, 0.3) is 0 Å². The topological polar surface area (TPSA) is 80.5 Å². The molecule has 0 saturated carbocycles. The number of ether oxygens (including phenoxy) is 1. The number of likely N-dealkylation sites (tertiary alicyclic amines) is 1. The molecule has 2 heterocycles. The average Bonchev–Trinajstić information content (AvgIpc) is 2.98. The van der Waals surface area contributed by atoms with Crippen molar-refractivity contribution in [1.29, 1.82) is 0 Å². The molecule has 1 amide bonds. The molecular weight excluding hydrogens is 308 g/mol. The van der Waals surface area contributed by atoms with Gasteiger partial charge in [0.1, 0.15) is 11.4 Å². The van der Waals surface area contributed by atoms with Crippen molar-refractivity contribution in [2.75, 3.05) is 19.7 Å². The molecule has 0 unspecified atom stereocenters. The standard InChI is InChI=1S/C17H22N4O3/c1-12-3-4-16(7-13(12)2)24-6-5-17(23)20-9-15(10-20)21-8-14(11-22)18-19-21/h3-4,7-8,15,22H,5-6,9-11H2,1-2H3. The van der Waals surface area contributed by atoms with Crippen LogP contribution in [0.1, 0.15) is 29.3 Å². The van der Waals surface area contributed by atoms with E-state index in [1.807, 2.05) is 25.1 Å². The van der Waals surface area contributed by atoms with Gasteiger partial charge in [0, 0.05) is 13.1 Å². The third-order valence-corrected chi connectivity index (χ3v) is 4.37. The van der Waals surface area contributed by atoms with Gasteiger partial charge in [-0.15, -0.1) is 5.10 Å². The Balaban J connectivity index is 1.41. The first-order valence-corrected chi connectivity index (χ1v) is 8.06. The summed E-state index contributed by atoms with van der Waals surface area (Å²) in [7, 11) is 0. The van der Waals surface area contributed by atoms with Gasteiger partial charge in [0.05, 0.1) is 31.9 Å². The van der Waals surface area contributed by atoms with Crippen LogP contribution in [0.4, 0.5) is 0 Å². The Kier molecular flexibility index (Phi) is 4.80. The number of nitrogens with zero attached hydrogens (tertiary/aromatic N) is 4. The van der Waals surface area contributed by atoms with E-state index in [4.69, 9.17) is 9.84 Å². The van der Waals surface area contributed by atoms with Gasteiger partial charge in [0.2, 0.25) is 5.91 Å². The van der Waals surface area contributed by atoms with E-state index in [0.29, 0.717) is 31.8 Å². The second-order valence-electron chi connectivity index (χ2n) is 6.15. The maximum absolute atomic E-state index is 12.1. The van der Waals surface area contributed by atoms with Crippen LogP contribution < -0.4 is 4.74 Å². The highest BCUT2D eigenvalue weighted by Gasteiger charge is 2.32. The maximum Gasteiger partial charge on any atom is 0.226 e. The first kappa shape index (κ1) is 16.4. The molecule has 7 heteroatoms. The predicted octanol–water partition coefficient (Wildman–Crippen LogP) is 1.24. The van der Waals surface area contributed by atoms with Gasteiger partial charge in [-0.05, 0) is 37.1 Å². The van der Waals surface area contributed by atoms with E-state index in [9.17, 15) is 4.79 Å². The van der Waals surface area contributed by atoms with Gasteiger partial charge in [-0.3, -0.25) is 4.79 Å². The van der Waals surface area contributed by atoms with Crippen LogP contribution in [-0.4, -0.2) is 50.6 Å². The molecular formula is C17H22N4O3. The highest BCUT2D eigenvalue weighted by Crippen LogP contribution is 2.21. The number of carbonyl (C=O) groups is 1. The summed E-state index contributed by atoms with van der Waals surface area (Å²) in [6, 6.07) is 6.08. The Morgan fingerprint density at radius 3 is 2.79 bits per heavy atom. The molecule has 1 aromatic heterocycles. The number of aliphatic hydroxyl groups is 1. The van der Waals surface area contributed by atoms with E-state index in [1.54, 1.807) is 15.8 Å². The molecule has 3 rings (SSSR count). The minimum absolute atomic E-state index is 0.0811. The van der Waals surface area contributed by atoms with E-state index >= 15 is 0 Å². The van der Waals surface area contributed by atoms with Crippen molar-refractivity contribution in [2.45, 2.75) is 32.9 Å². The zero-order valence-corrected chi connectivity index (χ0v) is 14.0. The largest absolute Gasteiger partial charge is 0.493 e. The first-order valence-electron chi connectivity index (χ1n) is 8.06. The monoisotopic (exact) mass is 330 g/mol. The second-order valence-corrected chi connectivity index (χ2v) is 6.15. The molecule has 1 saturated heterocycles. The number of amides is 1. The van der Waals surface area contributed by atoms with Gasteiger partial charge in [0.15, 0.2) is 0 Å². The molecule has 2 aromatic rings. The molecule has 7 nitrogen and oxygen atoms in total. The first-order chi connectivity index (χ1) is 11.6. The summed E-state index contributed by atoms with van der Waals surface area (Å²) in [5.41, 5.74) is 2.95. The molecule has 1 fully saturated rings. The Hall–Kier alpha value is -2.41. The lowest BCUT2D eigenvalue weighted by Gasteiger charge is -2.38. The lowest BCUT2D eigenvalue weighted by atomic mass is 10.1. The number of hydrogen-bond donors (Lipinski definition) is 1. The highest BCUT2D eigenvalue weighted by atomic mass is 16.5. The van der Waals surface area contributed by atoms with Gasteiger partial charge in [-0.1, -0.05) is 11.3 Å². The number of benzene rings is 1. The summed E-state index contributed by atoms with van der Waals surface area (Å²) in [6.07, 6.45) is 2.08. The van der Waals surface area contributed by atoms with Gasteiger partial charge in [-0.2, -0.15) is 0 Å². The molecule has 1 aliphatic heterocycles. The van der Waals surface area contributed by atoms with Crippen LogP contribution in [0.15, 0.2) is 24.4 Å². The summed E-state index contributed by atoms with van der Waals surface area (Å²) in [6.45, 7) is 5.60. The fourth-order valence-electron chi connectivity index (χ4n) is 2.61. The number of carbonyl (C=O) groups excluding carboxylic acids is 1. The van der Waals surface area contributed by atoms with Crippen molar-refractivity contribution < 1.29 is 14.6 Å². The van der Waals surface area contributed by atoms with Gasteiger partial charge >= 0.3 is 0 Å². The number of aryl methyl sites for hydroxylation is 2. The molecule has 1 aromatic carbocycles. The van der Waals surface area contributed by atoms with Crippen molar-refractivity contribution in [1.82, 2.24) is 19.9 Å². The fraction of sp³-hybridized carbons (Fsp3) is 0.471. The maximum atomic E-state index is 12.1. The lowest BCUT2D eigenvalue weighted by molar-refractivity contribution is -0.137. The zero-order chi connectivity index (χ0) is 17.1. The lowest BCUT2D eigenvalue weighted by Crippen LogP contribution is -2.51. The third kappa shape index (κ3) is 3.56. The van der Waals surface area contributed by atoms with Crippen molar-refractivity contribution in [3.63, 3.8) is 0 Å². The van der Waals surface area contributed by atoms with E-state index in [2.05, 4.69) is 17.2 Å². The fourth-order valence-corrected chi connectivity index (χ4v) is 2.61. The Morgan fingerprint density at radius 2 is 2.12 bits per heavy atom. The van der Waals surface area contributed by atoms with E-state index < -0.39 is 0 Å². The molecule has 1 N–H and O–H groups in total. The van der Waals surface area contributed by atoms with Gasteiger partial charge in [0.25, 0.3) is 0 Å². The van der Waals surface area contributed by atoms with Gasteiger partial charge < -0.3 is 14.7 Å². The summed E-state index contributed by atoms with van der Waals surface area (Å²) in [5.74, 6) is 0.879. The number of rotatable bonds is 6. The van der Waals surface area contributed by atoms with Crippen LogP contribution in [0.3, 0.4) is 0 Å².